The molecule has 0 spiro atoms. The van der Waals surface area contributed by atoms with Gasteiger partial charge in [-0.3, -0.25) is 0 Å². The highest BCUT2D eigenvalue weighted by Crippen LogP contribution is 2.29. The average molecular weight is 198 g/mol. The Morgan fingerprint density at radius 3 is 2.67 bits per heavy atom. The first-order valence-corrected chi connectivity index (χ1v) is 4.76. The summed E-state index contributed by atoms with van der Waals surface area (Å²) in [5.74, 6) is 0.394. The molecule has 0 aromatic rings. The molecule has 0 saturated heterocycles. The lowest BCUT2D eigenvalue weighted by molar-refractivity contribution is 0.144. The smallest absolute Gasteiger partial charge is 0.250 e. The molecule has 0 aromatic carbocycles. The Balaban J connectivity index is 2.06. The third kappa shape index (κ3) is 3.23. The van der Waals surface area contributed by atoms with Gasteiger partial charge < -0.3 is 5.32 Å². The Labute approximate surface area is 76.5 Å². The van der Waals surface area contributed by atoms with E-state index in [4.69, 9.17) is 11.6 Å². The molecule has 1 aliphatic rings. The van der Waals surface area contributed by atoms with Crippen LogP contribution in [0.5, 0.6) is 0 Å². The van der Waals surface area contributed by atoms with E-state index in [0.717, 1.165) is 19.3 Å². The average Bonchev–Trinajstić information content (AvgIpc) is 2.36. The van der Waals surface area contributed by atoms with Crippen molar-refractivity contribution in [2.45, 2.75) is 31.1 Å². The van der Waals surface area contributed by atoms with Crippen LogP contribution in [-0.2, 0) is 0 Å². The Hall–Kier alpha value is 0.110. The maximum Gasteiger partial charge on any atom is 0.250 e. The molecule has 4 heteroatoms. The standard InChI is InChI=1S/C8H14ClF2N/c9-7-3-1-2-6(7)4-12-5-8(10)11/h6-8,12H,1-5H2. The normalized spacial score (nSPS) is 30.0. The minimum Gasteiger partial charge on any atom is -0.311 e. The highest BCUT2D eigenvalue weighted by atomic mass is 35.5. The van der Waals surface area contributed by atoms with Gasteiger partial charge in [0, 0.05) is 5.38 Å². The minimum absolute atomic E-state index is 0.190. The van der Waals surface area contributed by atoms with E-state index in [1.807, 2.05) is 0 Å². The predicted molar refractivity (Wildman–Crippen MR) is 45.9 cm³/mol. The Morgan fingerprint density at radius 2 is 2.17 bits per heavy atom. The Kier molecular flexibility index (Phi) is 4.22. The second-order valence-corrected chi connectivity index (χ2v) is 3.82. The van der Waals surface area contributed by atoms with Gasteiger partial charge in [-0.1, -0.05) is 6.42 Å². The summed E-state index contributed by atoms with van der Waals surface area (Å²) in [5, 5.41) is 2.91. The third-order valence-electron chi connectivity index (χ3n) is 2.27. The second kappa shape index (κ2) is 4.97. The molecule has 2 atom stereocenters. The molecule has 1 aliphatic carbocycles. The lowest BCUT2D eigenvalue weighted by Crippen LogP contribution is -2.29. The molecule has 0 radical (unpaired) electrons. The van der Waals surface area contributed by atoms with Crippen molar-refractivity contribution in [2.24, 2.45) is 5.92 Å². The second-order valence-electron chi connectivity index (χ2n) is 3.26. The molecule has 1 nitrogen and oxygen atoms in total. The third-order valence-corrected chi connectivity index (χ3v) is 2.85. The molecule has 0 aromatic heterocycles. The zero-order valence-electron chi connectivity index (χ0n) is 6.90. The lowest BCUT2D eigenvalue weighted by Gasteiger charge is -2.13. The van der Waals surface area contributed by atoms with Gasteiger partial charge in [-0.2, -0.15) is 0 Å². The van der Waals surface area contributed by atoms with Gasteiger partial charge in [-0.05, 0) is 25.3 Å². The maximum absolute atomic E-state index is 11.7. The van der Waals surface area contributed by atoms with Crippen molar-refractivity contribution in [2.75, 3.05) is 13.1 Å². The van der Waals surface area contributed by atoms with E-state index >= 15 is 0 Å². The number of halogens is 3. The number of alkyl halides is 3. The summed E-state index contributed by atoms with van der Waals surface area (Å²) in [6.07, 6.45) is 0.988. The van der Waals surface area contributed by atoms with Crippen molar-refractivity contribution < 1.29 is 8.78 Å². The Bertz CT molecular complexity index is 132. The molecule has 0 bridgehead atoms. The first kappa shape index (κ1) is 10.2. The van der Waals surface area contributed by atoms with Crippen molar-refractivity contribution in [3.05, 3.63) is 0 Å². The predicted octanol–water partition coefficient (Wildman–Crippen LogP) is 2.25. The highest BCUT2D eigenvalue weighted by molar-refractivity contribution is 6.20. The van der Waals surface area contributed by atoms with Crippen LogP contribution in [-0.4, -0.2) is 24.9 Å². The van der Waals surface area contributed by atoms with E-state index in [-0.39, 0.29) is 11.9 Å². The van der Waals surface area contributed by atoms with E-state index in [9.17, 15) is 8.78 Å². The van der Waals surface area contributed by atoms with Crippen molar-refractivity contribution in [1.29, 1.82) is 0 Å². The first-order valence-electron chi connectivity index (χ1n) is 4.33. The minimum atomic E-state index is -2.25. The number of hydrogen-bond donors (Lipinski definition) is 1. The van der Waals surface area contributed by atoms with Gasteiger partial charge in [0.05, 0.1) is 6.54 Å². The van der Waals surface area contributed by atoms with Crippen molar-refractivity contribution in [3.8, 4) is 0 Å². The van der Waals surface area contributed by atoms with E-state index in [1.165, 1.54) is 0 Å². The van der Waals surface area contributed by atoms with Gasteiger partial charge in [0.15, 0.2) is 0 Å². The molecule has 1 fully saturated rings. The molecule has 1 N–H and O–H groups in total. The summed E-state index contributed by atoms with van der Waals surface area (Å²) in [6, 6.07) is 0. The zero-order chi connectivity index (χ0) is 8.97. The fraction of sp³-hybridized carbons (Fsp3) is 1.00. The summed E-state index contributed by atoms with van der Waals surface area (Å²) in [6.45, 7) is 0.429. The van der Waals surface area contributed by atoms with Crippen LogP contribution in [0.15, 0.2) is 0 Å². The van der Waals surface area contributed by atoms with Gasteiger partial charge in [-0.15, -0.1) is 11.6 Å². The summed E-state index contributed by atoms with van der Waals surface area (Å²) >= 11 is 5.97. The molecule has 0 amide bonds. The van der Waals surface area contributed by atoms with Crippen LogP contribution in [0.1, 0.15) is 19.3 Å². The number of hydrogen-bond acceptors (Lipinski definition) is 1. The summed E-state index contributed by atoms with van der Waals surface area (Å²) in [5.41, 5.74) is 0. The van der Waals surface area contributed by atoms with Crippen molar-refractivity contribution in [1.82, 2.24) is 5.32 Å². The molecule has 1 rings (SSSR count). The van der Waals surface area contributed by atoms with Gasteiger partial charge in [0.25, 0.3) is 6.43 Å². The summed E-state index contributed by atoms with van der Waals surface area (Å²) < 4.78 is 23.4. The monoisotopic (exact) mass is 197 g/mol. The largest absolute Gasteiger partial charge is 0.311 e. The van der Waals surface area contributed by atoms with Gasteiger partial charge in [0.2, 0.25) is 0 Å². The van der Waals surface area contributed by atoms with Crippen LogP contribution in [0.25, 0.3) is 0 Å². The summed E-state index contributed by atoms with van der Waals surface area (Å²) in [4.78, 5) is 0. The van der Waals surface area contributed by atoms with Crippen LogP contribution in [0.2, 0.25) is 0 Å². The number of nitrogens with one attached hydrogen (secondary N) is 1. The number of rotatable bonds is 4. The Morgan fingerprint density at radius 1 is 1.42 bits per heavy atom. The lowest BCUT2D eigenvalue weighted by atomic mass is 10.1. The van der Waals surface area contributed by atoms with E-state index in [1.54, 1.807) is 0 Å². The molecule has 2 unspecified atom stereocenters. The SMILES string of the molecule is FC(F)CNCC1CCCC1Cl. The molecule has 12 heavy (non-hydrogen) atoms. The topological polar surface area (TPSA) is 12.0 Å². The molecule has 0 aliphatic heterocycles. The maximum atomic E-state index is 11.7. The fourth-order valence-corrected chi connectivity index (χ4v) is 1.97. The van der Waals surface area contributed by atoms with E-state index < -0.39 is 6.43 Å². The van der Waals surface area contributed by atoms with Crippen LogP contribution in [0.3, 0.4) is 0 Å². The van der Waals surface area contributed by atoms with Gasteiger partial charge >= 0.3 is 0 Å². The first-order chi connectivity index (χ1) is 5.70. The van der Waals surface area contributed by atoms with Crippen LogP contribution in [0, 0.1) is 5.92 Å². The molecular formula is C8H14ClF2N. The van der Waals surface area contributed by atoms with Crippen LogP contribution >= 0.6 is 11.6 Å². The van der Waals surface area contributed by atoms with Gasteiger partial charge in [-0.25, -0.2) is 8.78 Å². The van der Waals surface area contributed by atoms with Crippen molar-refractivity contribution >= 4 is 11.6 Å². The quantitative estimate of drug-likeness (QED) is 0.682. The zero-order valence-corrected chi connectivity index (χ0v) is 7.66. The van der Waals surface area contributed by atoms with E-state index in [0.29, 0.717) is 12.5 Å². The molecular weight excluding hydrogens is 184 g/mol. The van der Waals surface area contributed by atoms with Gasteiger partial charge in [0.1, 0.15) is 0 Å². The summed E-state index contributed by atoms with van der Waals surface area (Å²) in [7, 11) is 0. The van der Waals surface area contributed by atoms with Crippen LogP contribution in [0.4, 0.5) is 8.78 Å². The molecule has 72 valence electrons. The van der Waals surface area contributed by atoms with Crippen LogP contribution < -0.4 is 5.32 Å². The fourth-order valence-electron chi connectivity index (χ4n) is 1.60. The molecule has 1 saturated carbocycles. The molecule has 0 heterocycles. The van der Waals surface area contributed by atoms with Crippen molar-refractivity contribution in [3.63, 3.8) is 0 Å². The highest BCUT2D eigenvalue weighted by Gasteiger charge is 2.24. The van der Waals surface area contributed by atoms with E-state index in [2.05, 4.69) is 5.32 Å².